The molecule has 0 radical (unpaired) electrons. The average Bonchev–Trinajstić information content (AvgIpc) is 3.17. The second kappa shape index (κ2) is 8.21. The van der Waals surface area contributed by atoms with Gasteiger partial charge >= 0.3 is 12.1 Å². The second-order valence-electron chi connectivity index (χ2n) is 5.92. The summed E-state index contributed by atoms with van der Waals surface area (Å²) in [6, 6.07) is 6.41. The number of rotatable bonds is 3. The van der Waals surface area contributed by atoms with E-state index in [1.165, 1.54) is 12.1 Å². The molecular weight excluding hydrogens is 358 g/mol. The lowest BCUT2D eigenvalue weighted by atomic mass is 10.1. The lowest BCUT2D eigenvalue weighted by Gasteiger charge is -2.06. The number of alkyl halides is 3. The van der Waals surface area contributed by atoms with Gasteiger partial charge in [-0.1, -0.05) is 0 Å². The van der Waals surface area contributed by atoms with Crippen molar-refractivity contribution in [3.8, 4) is 11.4 Å². The molecule has 0 unspecified atom stereocenters. The Balaban J connectivity index is 0.000000298. The quantitative estimate of drug-likeness (QED) is 0.797. The van der Waals surface area contributed by atoms with E-state index in [-0.39, 0.29) is 5.82 Å². The van der Waals surface area contributed by atoms with E-state index in [1.54, 1.807) is 16.9 Å². The fourth-order valence-electron chi connectivity index (χ4n) is 2.55. The summed E-state index contributed by atoms with van der Waals surface area (Å²) >= 11 is 0. The van der Waals surface area contributed by atoms with Crippen molar-refractivity contribution in [3.63, 3.8) is 0 Å². The molecule has 2 aromatic rings. The molecule has 0 bridgehead atoms. The molecule has 26 heavy (non-hydrogen) atoms. The number of aromatic nitrogens is 4. The Labute approximate surface area is 145 Å². The van der Waals surface area contributed by atoms with Crippen LogP contribution in [0.2, 0.25) is 0 Å². The Morgan fingerprint density at radius 3 is 2.38 bits per heavy atom. The van der Waals surface area contributed by atoms with Crippen molar-refractivity contribution in [2.24, 2.45) is 11.7 Å². The largest absolute Gasteiger partial charge is 0.490 e. The summed E-state index contributed by atoms with van der Waals surface area (Å²) in [5.74, 6) is -1.96. The van der Waals surface area contributed by atoms with E-state index in [9.17, 15) is 17.6 Å². The molecule has 1 aliphatic rings. The molecule has 1 saturated carbocycles. The Morgan fingerprint density at radius 2 is 1.88 bits per heavy atom. The molecule has 1 aromatic heterocycles. The van der Waals surface area contributed by atoms with Crippen LogP contribution in [0.4, 0.5) is 17.6 Å². The Morgan fingerprint density at radius 1 is 1.27 bits per heavy atom. The highest BCUT2D eigenvalue weighted by Crippen LogP contribution is 2.25. The second-order valence-corrected chi connectivity index (χ2v) is 5.92. The van der Waals surface area contributed by atoms with Crippen molar-refractivity contribution < 1.29 is 27.5 Å². The number of benzene rings is 1. The number of hydrogen-bond donors (Lipinski definition) is 2. The molecule has 1 fully saturated rings. The molecule has 1 heterocycles. The van der Waals surface area contributed by atoms with E-state index in [4.69, 9.17) is 15.6 Å². The number of carbonyl (C=O) groups is 1. The van der Waals surface area contributed by atoms with E-state index < -0.39 is 12.1 Å². The summed E-state index contributed by atoms with van der Waals surface area (Å²) in [6.07, 6.45) is -1.87. The highest BCUT2D eigenvalue weighted by Gasteiger charge is 2.38. The molecule has 7 nitrogen and oxygen atoms in total. The van der Waals surface area contributed by atoms with Crippen LogP contribution < -0.4 is 5.73 Å². The van der Waals surface area contributed by atoms with Gasteiger partial charge in [0.15, 0.2) is 0 Å². The first-order valence-corrected chi connectivity index (χ1v) is 7.74. The van der Waals surface area contributed by atoms with E-state index >= 15 is 0 Å². The molecule has 1 aliphatic carbocycles. The molecule has 3 N–H and O–H groups in total. The summed E-state index contributed by atoms with van der Waals surface area (Å²) in [4.78, 5) is 10.5. The number of carboxylic acid groups (broad SMARTS) is 1. The lowest BCUT2D eigenvalue weighted by molar-refractivity contribution is -0.192. The lowest BCUT2D eigenvalue weighted by Crippen LogP contribution is -2.21. The number of halogens is 4. The Kier molecular flexibility index (Phi) is 6.24. The predicted molar refractivity (Wildman–Crippen MR) is 82.2 cm³/mol. The smallest absolute Gasteiger partial charge is 0.475 e. The van der Waals surface area contributed by atoms with Gasteiger partial charge < -0.3 is 10.8 Å². The first kappa shape index (κ1) is 19.8. The third kappa shape index (κ3) is 5.76. The van der Waals surface area contributed by atoms with Crippen molar-refractivity contribution in [3.05, 3.63) is 30.1 Å². The third-order valence-electron chi connectivity index (χ3n) is 3.80. The fourth-order valence-corrected chi connectivity index (χ4v) is 2.55. The minimum Gasteiger partial charge on any atom is -0.475 e. The standard InChI is InChI=1S/C13H16FN5.C2HF3O2/c14-11-4-2-10(3-5-11)13-16-18-19(17-13)8-9-1-6-12(15)7-9;3-2(4,5)1(6)7/h2-5,9,12H,1,6-8,15H2;(H,6,7)/t9-,12+;/m0./s1. The summed E-state index contributed by atoms with van der Waals surface area (Å²) in [7, 11) is 0. The van der Waals surface area contributed by atoms with Gasteiger partial charge in [-0.3, -0.25) is 0 Å². The molecule has 2 atom stereocenters. The SMILES string of the molecule is N[C@@H]1CC[C@H](Cn2nnc(-c3ccc(F)cc3)n2)C1.O=C(O)C(F)(F)F. The molecule has 3 rings (SSSR count). The number of nitrogens with two attached hydrogens (primary N) is 1. The monoisotopic (exact) mass is 375 g/mol. The van der Waals surface area contributed by atoms with Gasteiger partial charge in [-0.15, -0.1) is 10.2 Å². The highest BCUT2D eigenvalue weighted by molar-refractivity contribution is 5.73. The maximum atomic E-state index is 12.8. The first-order chi connectivity index (χ1) is 12.1. The molecule has 0 amide bonds. The van der Waals surface area contributed by atoms with Gasteiger partial charge in [-0.2, -0.15) is 18.0 Å². The van der Waals surface area contributed by atoms with Crippen LogP contribution in [-0.4, -0.2) is 43.5 Å². The average molecular weight is 375 g/mol. The van der Waals surface area contributed by atoms with E-state index in [2.05, 4.69) is 15.4 Å². The maximum absolute atomic E-state index is 12.8. The third-order valence-corrected chi connectivity index (χ3v) is 3.80. The van der Waals surface area contributed by atoms with Gasteiger partial charge in [0, 0.05) is 11.6 Å². The van der Waals surface area contributed by atoms with Crippen molar-refractivity contribution in [2.75, 3.05) is 0 Å². The number of carboxylic acids is 1. The number of nitrogens with zero attached hydrogens (tertiary/aromatic N) is 4. The van der Waals surface area contributed by atoms with E-state index in [0.717, 1.165) is 31.4 Å². The van der Waals surface area contributed by atoms with Gasteiger partial charge in [-0.05, 0) is 54.7 Å². The van der Waals surface area contributed by atoms with Crippen LogP contribution in [-0.2, 0) is 11.3 Å². The number of tetrazole rings is 1. The highest BCUT2D eigenvalue weighted by atomic mass is 19.4. The molecule has 0 aliphatic heterocycles. The van der Waals surface area contributed by atoms with Crippen molar-refractivity contribution in [2.45, 2.75) is 38.0 Å². The first-order valence-electron chi connectivity index (χ1n) is 7.74. The number of aliphatic carboxylic acids is 1. The normalized spacial score (nSPS) is 19.7. The van der Waals surface area contributed by atoms with E-state index in [0.29, 0.717) is 17.8 Å². The van der Waals surface area contributed by atoms with Crippen LogP contribution in [0.25, 0.3) is 11.4 Å². The Bertz CT molecular complexity index is 732. The molecule has 142 valence electrons. The summed E-state index contributed by atoms with van der Waals surface area (Å²) in [5.41, 5.74) is 6.66. The molecule has 11 heteroatoms. The molecule has 0 spiro atoms. The van der Waals surface area contributed by atoms with Crippen LogP contribution in [0.5, 0.6) is 0 Å². The van der Waals surface area contributed by atoms with Crippen LogP contribution in [0.15, 0.2) is 24.3 Å². The number of hydrogen-bond acceptors (Lipinski definition) is 5. The van der Waals surface area contributed by atoms with Gasteiger partial charge in [-0.25, -0.2) is 9.18 Å². The molecule has 0 saturated heterocycles. The van der Waals surface area contributed by atoms with Crippen LogP contribution in [0, 0.1) is 11.7 Å². The zero-order valence-electron chi connectivity index (χ0n) is 13.5. The topological polar surface area (TPSA) is 107 Å². The van der Waals surface area contributed by atoms with Gasteiger partial charge in [0.25, 0.3) is 0 Å². The van der Waals surface area contributed by atoms with Gasteiger partial charge in [0.1, 0.15) is 5.82 Å². The summed E-state index contributed by atoms with van der Waals surface area (Å²) in [6.45, 7) is 0.752. The maximum Gasteiger partial charge on any atom is 0.490 e. The van der Waals surface area contributed by atoms with Crippen molar-refractivity contribution >= 4 is 5.97 Å². The Hall–Kier alpha value is -2.56. The van der Waals surface area contributed by atoms with Crippen molar-refractivity contribution in [1.82, 2.24) is 20.2 Å². The van der Waals surface area contributed by atoms with Crippen LogP contribution >= 0.6 is 0 Å². The minimum atomic E-state index is -5.08. The zero-order valence-corrected chi connectivity index (χ0v) is 13.5. The van der Waals surface area contributed by atoms with Crippen LogP contribution in [0.1, 0.15) is 19.3 Å². The van der Waals surface area contributed by atoms with Gasteiger partial charge in [0.05, 0.1) is 6.54 Å². The predicted octanol–water partition coefficient (Wildman–Crippen LogP) is 2.24. The van der Waals surface area contributed by atoms with Gasteiger partial charge in [0.2, 0.25) is 5.82 Å². The fraction of sp³-hybridized carbons (Fsp3) is 0.467. The molecular formula is C15H17F4N5O2. The van der Waals surface area contributed by atoms with Crippen molar-refractivity contribution in [1.29, 1.82) is 0 Å². The van der Waals surface area contributed by atoms with E-state index in [1.807, 2.05) is 0 Å². The van der Waals surface area contributed by atoms with Crippen LogP contribution in [0.3, 0.4) is 0 Å². The summed E-state index contributed by atoms with van der Waals surface area (Å²) in [5, 5.41) is 19.5. The summed E-state index contributed by atoms with van der Waals surface area (Å²) < 4.78 is 44.6. The zero-order chi connectivity index (χ0) is 19.3. The minimum absolute atomic E-state index is 0.268. The molecule has 1 aromatic carbocycles.